The molecule has 0 spiro atoms. The molecule has 2 aliphatic heterocycles. The molecule has 2 heterocycles. The van der Waals surface area contributed by atoms with Gasteiger partial charge in [0.2, 0.25) is 5.91 Å². The van der Waals surface area contributed by atoms with Crippen LogP contribution in [0.2, 0.25) is 0 Å². The number of morpholine rings is 1. The summed E-state index contributed by atoms with van der Waals surface area (Å²) in [6.45, 7) is 2.70. The quantitative estimate of drug-likeness (QED) is 0.725. The second-order valence-corrected chi connectivity index (χ2v) is 4.87. The van der Waals surface area contributed by atoms with E-state index in [1.807, 2.05) is 4.90 Å². The normalized spacial score (nSPS) is 25.7. The minimum atomic E-state index is -0.616. The molecule has 18 heavy (non-hydrogen) atoms. The van der Waals surface area contributed by atoms with Crippen LogP contribution in [0.5, 0.6) is 0 Å². The lowest BCUT2D eigenvalue weighted by Gasteiger charge is -2.37. The lowest BCUT2D eigenvalue weighted by molar-refractivity contribution is -0.127. The van der Waals surface area contributed by atoms with Gasteiger partial charge in [0.05, 0.1) is 13.2 Å². The molecule has 0 aromatic heterocycles. The average Bonchev–Trinajstić information content (AvgIpc) is 2.66. The van der Waals surface area contributed by atoms with Gasteiger partial charge in [-0.3, -0.25) is 4.79 Å². The van der Waals surface area contributed by atoms with Crippen molar-refractivity contribution < 1.29 is 14.3 Å². The molecular weight excluding hydrogens is 234 g/mol. The second kappa shape index (κ2) is 6.04. The monoisotopic (exact) mass is 255 g/mol. The van der Waals surface area contributed by atoms with E-state index in [1.165, 1.54) is 12.8 Å². The Morgan fingerprint density at radius 2 is 1.72 bits per heavy atom. The summed E-state index contributed by atoms with van der Waals surface area (Å²) in [5.74, 6) is -0.488. The minimum absolute atomic E-state index is 0.0657. The average molecular weight is 255 g/mol. The van der Waals surface area contributed by atoms with E-state index >= 15 is 0 Å². The third-order valence-corrected chi connectivity index (χ3v) is 3.58. The molecule has 2 aliphatic rings. The number of hydrogen-bond donors (Lipinski definition) is 1. The number of urea groups is 1. The Labute approximate surface area is 107 Å². The Hall–Kier alpha value is -1.30. The Bertz CT molecular complexity index is 314. The van der Waals surface area contributed by atoms with Crippen LogP contribution < -0.4 is 5.73 Å². The first-order valence-corrected chi connectivity index (χ1v) is 6.63. The van der Waals surface area contributed by atoms with E-state index in [2.05, 4.69) is 0 Å². The Morgan fingerprint density at radius 1 is 1.06 bits per heavy atom. The van der Waals surface area contributed by atoms with Crippen LogP contribution in [0.1, 0.15) is 25.7 Å². The summed E-state index contributed by atoms with van der Waals surface area (Å²) in [6.07, 6.45) is 4.42. The maximum absolute atomic E-state index is 12.4. The third-order valence-electron chi connectivity index (χ3n) is 3.58. The molecule has 2 rings (SSSR count). The first-order valence-electron chi connectivity index (χ1n) is 6.63. The van der Waals surface area contributed by atoms with Crippen molar-refractivity contribution in [3.05, 3.63) is 0 Å². The van der Waals surface area contributed by atoms with Crippen molar-refractivity contribution in [3.8, 4) is 0 Å². The standard InChI is InChI=1S/C12H21N3O3/c13-11(16)10-9-18-8-7-15(10)12(17)14-5-3-1-2-4-6-14/h10H,1-9H2,(H2,13,16). The highest BCUT2D eigenvalue weighted by Crippen LogP contribution is 2.15. The van der Waals surface area contributed by atoms with E-state index in [0.29, 0.717) is 13.2 Å². The number of rotatable bonds is 1. The SMILES string of the molecule is NC(=O)C1COCCN1C(=O)N1CCCCCC1. The van der Waals surface area contributed by atoms with Gasteiger partial charge in [-0.25, -0.2) is 4.79 Å². The highest BCUT2D eigenvalue weighted by Gasteiger charge is 2.33. The van der Waals surface area contributed by atoms with E-state index in [4.69, 9.17) is 10.5 Å². The van der Waals surface area contributed by atoms with Crippen molar-refractivity contribution in [3.63, 3.8) is 0 Å². The van der Waals surface area contributed by atoms with Gasteiger partial charge in [-0.05, 0) is 12.8 Å². The molecule has 1 unspecified atom stereocenters. The fourth-order valence-corrected chi connectivity index (χ4v) is 2.51. The zero-order valence-corrected chi connectivity index (χ0v) is 10.6. The Kier molecular flexibility index (Phi) is 4.41. The number of ether oxygens (including phenoxy) is 1. The van der Waals surface area contributed by atoms with E-state index in [1.54, 1.807) is 4.90 Å². The molecule has 2 saturated heterocycles. The molecule has 2 fully saturated rings. The summed E-state index contributed by atoms with van der Waals surface area (Å²) >= 11 is 0. The maximum atomic E-state index is 12.4. The molecule has 3 amide bonds. The van der Waals surface area contributed by atoms with Crippen LogP contribution in [-0.2, 0) is 9.53 Å². The van der Waals surface area contributed by atoms with Gasteiger partial charge in [-0.1, -0.05) is 12.8 Å². The lowest BCUT2D eigenvalue weighted by Crippen LogP contribution is -2.58. The van der Waals surface area contributed by atoms with Gasteiger partial charge in [0.1, 0.15) is 6.04 Å². The number of nitrogens with two attached hydrogens (primary N) is 1. The van der Waals surface area contributed by atoms with Crippen LogP contribution in [0, 0.1) is 0 Å². The van der Waals surface area contributed by atoms with Gasteiger partial charge in [0, 0.05) is 19.6 Å². The number of primary amides is 1. The van der Waals surface area contributed by atoms with Gasteiger partial charge >= 0.3 is 6.03 Å². The van der Waals surface area contributed by atoms with Crippen molar-refractivity contribution >= 4 is 11.9 Å². The fourth-order valence-electron chi connectivity index (χ4n) is 2.51. The van der Waals surface area contributed by atoms with Gasteiger partial charge in [-0.15, -0.1) is 0 Å². The third kappa shape index (κ3) is 2.93. The van der Waals surface area contributed by atoms with Gasteiger partial charge in [-0.2, -0.15) is 0 Å². The van der Waals surface area contributed by atoms with Crippen LogP contribution in [-0.4, -0.2) is 60.6 Å². The van der Waals surface area contributed by atoms with E-state index < -0.39 is 11.9 Å². The first kappa shape index (κ1) is 13.1. The summed E-state index contributed by atoms with van der Waals surface area (Å²) in [5.41, 5.74) is 5.32. The number of likely N-dealkylation sites (tertiary alicyclic amines) is 1. The smallest absolute Gasteiger partial charge is 0.320 e. The van der Waals surface area contributed by atoms with Crippen molar-refractivity contribution in [2.24, 2.45) is 5.73 Å². The van der Waals surface area contributed by atoms with Crippen LogP contribution in [0.25, 0.3) is 0 Å². The summed E-state index contributed by atoms with van der Waals surface area (Å²) in [5, 5.41) is 0. The first-order chi connectivity index (χ1) is 8.70. The van der Waals surface area contributed by atoms with Gasteiger partial charge in [0.15, 0.2) is 0 Å². The van der Waals surface area contributed by atoms with Crippen molar-refractivity contribution in [2.75, 3.05) is 32.8 Å². The summed E-state index contributed by atoms with van der Waals surface area (Å²) in [7, 11) is 0. The predicted octanol–water partition coefficient (Wildman–Crippen LogP) is 0.169. The van der Waals surface area contributed by atoms with Crippen molar-refractivity contribution in [1.82, 2.24) is 9.80 Å². The number of amides is 3. The van der Waals surface area contributed by atoms with Crippen molar-refractivity contribution in [2.45, 2.75) is 31.7 Å². The highest BCUT2D eigenvalue weighted by molar-refractivity contribution is 5.86. The molecule has 6 heteroatoms. The van der Waals surface area contributed by atoms with Crippen LogP contribution >= 0.6 is 0 Å². The predicted molar refractivity (Wildman–Crippen MR) is 65.9 cm³/mol. The molecule has 0 saturated carbocycles. The molecule has 1 atom stereocenters. The van der Waals surface area contributed by atoms with Gasteiger partial charge < -0.3 is 20.3 Å². The molecule has 0 aromatic rings. The van der Waals surface area contributed by atoms with Crippen molar-refractivity contribution in [1.29, 1.82) is 0 Å². The molecule has 0 bridgehead atoms. The minimum Gasteiger partial charge on any atom is -0.377 e. The van der Waals surface area contributed by atoms with Gasteiger partial charge in [0.25, 0.3) is 0 Å². The zero-order valence-electron chi connectivity index (χ0n) is 10.6. The summed E-state index contributed by atoms with van der Waals surface area (Å²) < 4.78 is 5.22. The molecule has 0 aliphatic carbocycles. The molecular formula is C12H21N3O3. The van der Waals surface area contributed by atoms with Crippen LogP contribution in [0.4, 0.5) is 4.79 Å². The van der Waals surface area contributed by atoms with E-state index in [0.717, 1.165) is 25.9 Å². The van der Waals surface area contributed by atoms with Crippen LogP contribution in [0.15, 0.2) is 0 Å². The highest BCUT2D eigenvalue weighted by atomic mass is 16.5. The Balaban J connectivity index is 2.02. The number of hydrogen-bond acceptors (Lipinski definition) is 3. The molecule has 0 aromatic carbocycles. The second-order valence-electron chi connectivity index (χ2n) is 4.87. The summed E-state index contributed by atoms with van der Waals surface area (Å²) in [6, 6.07) is -0.682. The number of carbonyl (C=O) groups is 2. The van der Waals surface area contributed by atoms with Crippen LogP contribution in [0.3, 0.4) is 0 Å². The Morgan fingerprint density at radius 3 is 2.33 bits per heavy atom. The number of nitrogens with zero attached hydrogens (tertiary/aromatic N) is 2. The maximum Gasteiger partial charge on any atom is 0.320 e. The molecule has 2 N–H and O–H groups in total. The largest absolute Gasteiger partial charge is 0.377 e. The fraction of sp³-hybridized carbons (Fsp3) is 0.833. The molecule has 0 radical (unpaired) electrons. The lowest BCUT2D eigenvalue weighted by atomic mass is 10.2. The summed E-state index contributed by atoms with van der Waals surface area (Å²) in [4.78, 5) is 27.2. The zero-order chi connectivity index (χ0) is 13.0. The van der Waals surface area contributed by atoms with E-state index in [9.17, 15) is 9.59 Å². The topological polar surface area (TPSA) is 75.9 Å². The number of carbonyl (C=O) groups excluding carboxylic acids is 2. The molecule has 6 nitrogen and oxygen atoms in total. The van der Waals surface area contributed by atoms with E-state index in [-0.39, 0.29) is 12.6 Å². The molecule has 102 valence electrons.